The lowest BCUT2D eigenvalue weighted by Crippen LogP contribution is -2.22. The van der Waals surface area contributed by atoms with Gasteiger partial charge in [-0.2, -0.15) is 0 Å². The minimum absolute atomic E-state index is 0.695. The molecule has 0 spiro atoms. The maximum Gasteiger partial charge on any atom is 0.0952 e. The monoisotopic (exact) mass is 308 g/mol. The Hall–Kier alpha value is -1.49. The third-order valence-corrected chi connectivity index (χ3v) is 3.49. The van der Waals surface area contributed by atoms with Crippen LogP contribution in [-0.4, -0.2) is 27.3 Å². The van der Waals surface area contributed by atoms with Gasteiger partial charge in [-0.1, -0.05) is 11.6 Å². The normalized spacial score (nSPS) is 10.8. The lowest BCUT2D eigenvalue weighted by Gasteiger charge is -2.22. The number of nitrogens with one attached hydrogen (secondary N) is 1. The van der Waals surface area contributed by atoms with Gasteiger partial charge in [0.2, 0.25) is 0 Å². The van der Waals surface area contributed by atoms with Crippen LogP contribution in [0.5, 0.6) is 0 Å². The zero-order chi connectivity index (χ0) is 15.1. The minimum Gasteiger partial charge on any atom is -0.472 e. The molecule has 5 heteroatoms. The van der Waals surface area contributed by atoms with Crippen molar-refractivity contribution in [3.05, 3.63) is 52.9 Å². The van der Waals surface area contributed by atoms with Gasteiger partial charge in [0.25, 0.3) is 0 Å². The third-order valence-electron chi connectivity index (χ3n) is 3.25. The first-order valence-electron chi connectivity index (χ1n) is 6.91. The highest BCUT2D eigenvalue weighted by Crippen LogP contribution is 2.25. The molecule has 0 bridgehead atoms. The first-order chi connectivity index (χ1) is 10.2. The van der Waals surface area contributed by atoms with Gasteiger partial charge >= 0.3 is 0 Å². The molecule has 1 aromatic carbocycles. The fourth-order valence-corrected chi connectivity index (χ4v) is 2.40. The van der Waals surface area contributed by atoms with Crippen LogP contribution < -0.4 is 10.2 Å². The summed E-state index contributed by atoms with van der Waals surface area (Å²) in [5.41, 5.74) is 3.47. The van der Waals surface area contributed by atoms with Crippen molar-refractivity contribution in [1.29, 1.82) is 0 Å². The number of rotatable bonds is 8. The van der Waals surface area contributed by atoms with Crippen molar-refractivity contribution in [2.24, 2.45) is 0 Å². The Morgan fingerprint density at radius 1 is 1.33 bits per heavy atom. The number of hydrogen-bond donors (Lipinski definition) is 1. The highest BCUT2D eigenvalue weighted by molar-refractivity contribution is 6.30. The van der Waals surface area contributed by atoms with E-state index in [0.717, 1.165) is 35.9 Å². The number of anilines is 1. The number of nitrogens with zero attached hydrogens (tertiary/aromatic N) is 1. The van der Waals surface area contributed by atoms with Crippen LogP contribution in [0.1, 0.15) is 11.1 Å². The minimum atomic E-state index is 0.695. The number of ether oxygens (including phenoxy) is 1. The molecule has 2 rings (SSSR count). The van der Waals surface area contributed by atoms with E-state index in [1.54, 1.807) is 19.6 Å². The van der Waals surface area contributed by atoms with Gasteiger partial charge in [-0.05, 0) is 29.8 Å². The summed E-state index contributed by atoms with van der Waals surface area (Å²) >= 11 is 6.12. The fraction of sp³-hybridized carbons (Fsp3) is 0.375. The standard InChI is InChI=1S/C16H21ClN2O2/c1-19(11-13-5-7-21-12-13)16-4-3-15(17)9-14(16)10-18-6-8-20-2/h3-5,7,9,12,18H,6,8,10-11H2,1-2H3. The Labute approximate surface area is 130 Å². The Bertz CT molecular complexity index is 543. The van der Waals surface area contributed by atoms with E-state index in [9.17, 15) is 0 Å². The molecule has 0 saturated heterocycles. The summed E-state index contributed by atoms with van der Waals surface area (Å²) in [5.74, 6) is 0. The smallest absolute Gasteiger partial charge is 0.0952 e. The van der Waals surface area contributed by atoms with Gasteiger partial charge in [-0.25, -0.2) is 0 Å². The molecular formula is C16H21ClN2O2. The molecule has 0 fully saturated rings. The van der Waals surface area contributed by atoms with E-state index in [4.69, 9.17) is 20.8 Å². The molecule has 0 radical (unpaired) electrons. The average molecular weight is 309 g/mol. The Morgan fingerprint density at radius 2 is 2.19 bits per heavy atom. The number of methoxy groups -OCH3 is 1. The van der Waals surface area contributed by atoms with Crippen molar-refractivity contribution >= 4 is 17.3 Å². The molecule has 1 N–H and O–H groups in total. The first kappa shape index (κ1) is 15.9. The van der Waals surface area contributed by atoms with Crippen molar-refractivity contribution in [3.8, 4) is 0 Å². The van der Waals surface area contributed by atoms with Gasteiger partial charge in [-0.3, -0.25) is 0 Å². The zero-order valence-corrected chi connectivity index (χ0v) is 13.2. The molecule has 0 amide bonds. The van der Waals surface area contributed by atoms with Crippen molar-refractivity contribution in [3.63, 3.8) is 0 Å². The van der Waals surface area contributed by atoms with Gasteiger partial charge in [0.05, 0.1) is 19.1 Å². The van der Waals surface area contributed by atoms with Gasteiger partial charge in [0, 0.05) is 50.1 Å². The highest BCUT2D eigenvalue weighted by atomic mass is 35.5. The SMILES string of the molecule is COCCNCc1cc(Cl)ccc1N(C)Cc1ccoc1. The first-order valence-corrected chi connectivity index (χ1v) is 7.29. The van der Waals surface area contributed by atoms with Crippen molar-refractivity contribution < 1.29 is 9.15 Å². The lowest BCUT2D eigenvalue weighted by molar-refractivity contribution is 0.199. The number of halogens is 1. The molecule has 0 saturated carbocycles. The van der Waals surface area contributed by atoms with Crippen LogP contribution in [0.4, 0.5) is 5.69 Å². The maximum atomic E-state index is 6.12. The van der Waals surface area contributed by atoms with Crippen LogP contribution in [0.2, 0.25) is 5.02 Å². The second kappa shape index (κ2) is 8.08. The number of furan rings is 1. The van der Waals surface area contributed by atoms with E-state index in [0.29, 0.717) is 6.61 Å². The summed E-state index contributed by atoms with van der Waals surface area (Å²) in [6.07, 6.45) is 3.46. The second-order valence-electron chi connectivity index (χ2n) is 4.93. The summed E-state index contributed by atoms with van der Waals surface area (Å²) in [6, 6.07) is 7.95. The van der Waals surface area contributed by atoms with Crippen LogP contribution in [0.25, 0.3) is 0 Å². The topological polar surface area (TPSA) is 37.6 Å². The van der Waals surface area contributed by atoms with Crippen molar-refractivity contribution in [2.45, 2.75) is 13.1 Å². The quantitative estimate of drug-likeness (QED) is 0.759. The molecule has 21 heavy (non-hydrogen) atoms. The summed E-state index contributed by atoms with van der Waals surface area (Å²) in [6.45, 7) is 3.06. The molecule has 2 aromatic rings. The van der Waals surface area contributed by atoms with Crippen molar-refractivity contribution in [1.82, 2.24) is 5.32 Å². The van der Waals surface area contributed by atoms with Crippen LogP contribution >= 0.6 is 11.6 Å². The molecule has 0 aliphatic heterocycles. The zero-order valence-electron chi connectivity index (χ0n) is 12.4. The molecule has 0 unspecified atom stereocenters. The Kier molecular flexibility index (Phi) is 6.11. The van der Waals surface area contributed by atoms with Crippen LogP contribution in [0, 0.1) is 0 Å². The molecule has 0 aliphatic carbocycles. The van der Waals surface area contributed by atoms with Gasteiger partial charge < -0.3 is 19.4 Å². The largest absolute Gasteiger partial charge is 0.472 e. The molecule has 0 atom stereocenters. The van der Waals surface area contributed by atoms with E-state index in [2.05, 4.69) is 23.3 Å². The molecule has 114 valence electrons. The summed E-state index contributed by atoms with van der Waals surface area (Å²) in [5, 5.41) is 4.10. The number of hydrogen-bond acceptors (Lipinski definition) is 4. The fourth-order valence-electron chi connectivity index (χ4n) is 2.21. The van der Waals surface area contributed by atoms with Crippen LogP contribution in [0.3, 0.4) is 0 Å². The van der Waals surface area contributed by atoms with Gasteiger partial charge in [0.15, 0.2) is 0 Å². The van der Waals surface area contributed by atoms with E-state index in [1.165, 1.54) is 5.56 Å². The Morgan fingerprint density at radius 3 is 2.90 bits per heavy atom. The summed E-state index contributed by atoms with van der Waals surface area (Å²) in [4.78, 5) is 2.19. The molecule has 4 nitrogen and oxygen atoms in total. The Balaban J connectivity index is 2.06. The summed E-state index contributed by atoms with van der Waals surface area (Å²) in [7, 11) is 3.76. The van der Waals surface area contributed by atoms with E-state index in [-0.39, 0.29) is 0 Å². The summed E-state index contributed by atoms with van der Waals surface area (Å²) < 4.78 is 10.2. The maximum absolute atomic E-state index is 6.12. The van der Waals surface area contributed by atoms with E-state index < -0.39 is 0 Å². The van der Waals surface area contributed by atoms with E-state index >= 15 is 0 Å². The van der Waals surface area contributed by atoms with Gasteiger partial charge in [0.1, 0.15) is 0 Å². The molecule has 1 aromatic heterocycles. The number of benzene rings is 1. The predicted octanol–water partition coefficient (Wildman–Crippen LogP) is 3.31. The highest BCUT2D eigenvalue weighted by Gasteiger charge is 2.09. The van der Waals surface area contributed by atoms with Gasteiger partial charge in [-0.15, -0.1) is 0 Å². The van der Waals surface area contributed by atoms with Crippen LogP contribution in [-0.2, 0) is 17.8 Å². The third kappa shape index (κ3) is 4.77. The van der Waals surface area contributed by atoms with Crippen LogP contribution in [0.15, 0.2) is 41.2 Å². The lowest BCUT2D eigenvalue weighted by atomic mass is 10.1. The molecule has 1 heterocycles. The van der Waals surface area contributed by atoms with E-state index in [1.807, 2.05) is 18.2 Å². The predicted molar refractivity (Wildman–Crippen MR) is 85.8 cm³/mol. The molecule has 0 aliphatic rings. The average Bonchev–Trinajstić information content (AvgIpc) is 2.96. The van der Waals surface area contributed by atoms with Crippen molar-refractivity contribution in [2.75, 3.05) is 32.2 Å². The second-order valence-corrected chi connectivity index (χ2v) is 5.37. The molecular weight excluding hydrogens is 288 g/mol.